The molecule has 0 fully saturated rings. The number of carbonyl (C=O) groups excluding carboxylic acids is 2. The van der Waals surface area contributed by atoms with Gasteiger partial charge in [-0.15, -0.1) is 0 Å². The highest BCUT2D eigenvalue weighted by Crippen LogP contribution is 2.31. The lowest BCUT2D eigenvalue weighted by atomic mass is 10.2. The Labute approximate surface area is 163 Å². The van der Waals surface area contributed by atoms with Crippen LogP contribution in [-0.2, 0) is 22.4 Å². The van der Waals surface area contributed by atoms with E-state index in [-0.39, 0.29) is 11.8 Å². The largest absolute Gasteiger partial charge is 0.312 e. The number of hydrogen-bond acceptors (Lipinski definition) is 2. The SMILES string of the molecule is CC(=O)N1CCc2ccc(Cl)cc21.CC(=O)N1CCc2ccc(Cl)cc21. The summed E-state index contributed by atoms with van der Waals surface area (Å²) in [5.41, 5.74) is 4.36. The van der Waals surface area contributed by atoms with Gasteiger partial charge in [0.15, 0.2) is 0 Å². The van der Waals surface area contributed by atoms with Crippen molar-refractivity contribution in [3.8, 4) is 0 Å². The Bertz CT molecular complexity index is 795. The zero-order valence-corrected chi connectivity index (χ0v) is 16.3. The number of halogens is 2. The van der Waals surface area contributed by atoms with Gasteiger partial charge in [-0.2, -0.15) is 0 Å². The van der Waals surface area contributed by atoms with Gasteiger partial charge in [-0.3, -0.25) is 9.59 Å². The number of amides is 2. The lowest BCUT2D eigenvalue weighted by Gasteiger charge is -2.14. The van der Waals surface area contributed by atoms with Crippen LogP contribution in [0.5, 0.6) is 0 Å². The summed E-state index contributed by atoms with van der Waals surface area (Å²) in [7, 11) is 0. The first kappa shape index (κ1) is 18.7. The Morgan fingerprint density at radius 3 is 1.50 bits per heavy atom. The number of nitrogens with zero attached hydrogens (tertiary/aromatic N) is 2. The fraction of sp³-hybridized carbons (Fsp3) is 0.300. The normalized spacial score (nSPS) is 14.5. The molecule has 0 unspecified atom stereocenters. The average molecular weight is 391 g/mol. The van der Waals surface area contributed by atoms with E-state index in [0.29, 0.717) is 10.0 Å². The lowest BCUT2D eigenvalue weighted by Crippen LogP contribution is -2.25. The summed E-state index contributed by atoms with van der Waals surface area (Å²) in [5.74, 6) is 0.169. The van der Waals surface area contributed by atoms with Gasteiger partial charge < -0.3 is 9.80 Å². The van der Waals surface area contributed by atoms with Crippen molar-refractivity contribution in [1.29, 1.82) is 0 Å². The third-order valence-electron chi connectivity index (χ3n) is 4.65. The van der Waals surface area contributed by atoms with Crippen LogP contribution in [0.4, 0.5) is 11.4 Å². The third-order valence-corrected chi connectivity index (χ3v) is 5.12. The van der Waals surface area contributed by atoms with Crippen LogP contribution >= 0.6 is 23.2 Å². The van der Waals surface area contributed by atoms with E-state index in [1.165, 1.54) is 11.1 Å². The Morgan fingerprint density at radius 1 is 0.769 bits per heavy atom. The molecule has 0 atom stereocenters. The number of hydrogen-bond donors (Lipinski definition) is 0. The monoisotopic (exact) mass is 390 g/mol. The van der Waals surface area contributed by atoms with E-state index in [9.17, 15) is 9.59 Å². The summed E-state index contributed by atoms with van der Waals surface area (Å²) < 4.78 is 0. The van der Waals surface area contributed by atoms with Crippen molar-refractivity contribution in [1.82, 2.24) is 0 Å². The molecule has 2 aromatic carbocycles. The van der Waals surface area contributed by atoms with E-state index in [1.807, 2.05) is 36.4 Å². The van der Waals surface area contributed by atoms with Crippen LogP contribution in [0.25, 0.3) is 0 Å². The van der Waals surface area contributed by atoms with Crippen molar-refractivity contribution in [2.24, 2.45) is 0 Å². The highest BCUT2D eigenvalue weighted by Gasteiger charge is 2.22. The van der Waals surface area contributed by atoms with Crippen molar-refractivity contribution in [3.63, 3.8) is 0 Å². The van der Waals surface area contributed by atoms with Gasteiger partial charge >= 0.3 is 0 Å². The fourth-order valence-corrected chi connectivity index (χ4v) is 3.69. The first-order valence-corrected chi connectivity index (χ1v) is 9.25. The minimum Gasteiger partial charge on any atom is -0.312 e. The summed E-state index contributed by atoms with van der Waals surface area (Å²) in [5, 5.41) is 1.37. The second-order valence-corrected chi connectivity index (χ2v) is 7.26. The summed E-state index contributed by atoms with van der Waals surface area (Å²) in [4.78, 5) is 25.9. The van der Waals surface area contributed by atoms with E-state index in [1.54, 1.807) is 23.6 Å². The zero-order valence-electron chi connectivity index (χ0n) is 14.8. The van der Waals surface area contributed by atoms with Crippen molar-refractivity contribution in [2.45, 2.75) is 26.7 Å². The van der Waals surface area contributed by atoms with Gasteiger partial charge in [0.25, 0.3) is 0 Å². The molecule has 2 aliphatic heterocycles. The van der Waals surface area contributed by atoms with Crippen LogP contribution in [0.3, 0.4) is 0 Å². The number of rotatable bonds is 0. The van der Waals surface area contributed by atoms with Gasteiger partial charge in [-0.1, -0.05) is 35.3 Å². The molecule has 26 heavy (non-hydrogen) atoms. The molecule has 4 nitrogen and oxygen atoms in total. The van der Waals surface area contributed by atoms with Crippen molar-refractivity contribution in [2.75, 3.05) is 22.9 Å². The van der Waals surface area contributed by atoms with Crippen LogP contribution in [0.2, 0.25) is 10.0 Å². The van der Waals surface area contributed by atoms with Crippen LogP contribution in [0.15, 0.2) is 36.4 Å². The van der Waals surface area contributed by atoms with Gasteiger partial charge in [-0.05, 0) is 48.2 Å². The summed E-state index contributed by atoms with van der Waals surface area (Å²) in [6, 6.07) is 11.4. The molecule has 0 aliphatic carbocycles. The number of fused-ring (bicyclic) bond motifs is 2. The minimum atomic E-state index is 0.0843. The molecule has 2 aromatic rings. The van der Waals surface area contributed by atoms with Crippen LogP contribution in [0.1, 0.15) is 25.0 Å². The van der Waals surface area contributed by atoms with E-state index < -0.39 is 0 Å². The van der Waals surface area contributed by atoms with Gasteiger partial charge in [0.1, 0.15) is 0 Å². The molecule has 2 heterocycles. The molecule has 0 saturated carbocycles. The highest BCUT2D eigenvalue weighted by molar-refractivity contribution is 6.31. The zero-order chi connectivity index (χ0) is 18.8. The maximum atomic E-state index is 11.2. The fourth-order valence-electron chi connectivity index (χ4n) is 3.36. The smallest absolute Gasteiger partial charge is 0.223 e. The molecular formula is C20H20Cl2N2O2. The Hall–Kier alpha value is -2.04. The van der Waals surface area contributed by atoms with Crippen molar-refractivity contribution >= 4 is 46.4 Å². The number of benzene rings is 2. The molecule has 6 heteroatoms. The molecule has 136 valence electrons. The molecular weight excluding hydrogens is 371 g/mol. The molecule has 2 aliphatic rings. The molecule has 0 spiro atoms. The number of anilines is 2. The summed E-state index contributed by atoms with van der Waals surface area (Å²) >= 11 is 11.7. The van der Waals surface area contributed by atoms with Gasteiger partial charge in [-0.25, -0.2) is 0 Å². The second-order valence-electron chi connectivity index (χ2n) is 6.39. The third kappa shape index (κ3) is 3.87. The van der Waals surface area contributed by atoms with Crippen LogP contribution < -0.4 is 9.80 Å². The van der Waals surface area contributed by atoms with Gasteiger partial charge in [0.05, 0.1) is 0 Å². The molecule has 0 radical (unpaired) electrons. The Balaban J connectivity index is 0.000000151. The predicted octanol–water partition coefficient (Wildman–Crippen LogP) is 4.50. The standard InChI is InChI=1S/2C10H10ClNO/c2*1-7(13)12-5-4-8-2-3-9(11)6-10(8)12/h2*2-3,6H,4-5H2,1H3. The van der Waals surface area contributed by atoms with E-state index >= 15 is 0 Å². The molecule has 0 bridgehead atoms. The molecule has 0 saturated heterocycles. The predicted molar refractivity (Wildman–Crippen MR) is 106 cm³/mol. The van der Waals surface area contributed by atoms with Crippen LogP contribution in [-0.4, -0.2) is 24.9 Å². The van der Waals surface area contributed by atoms with Crippen LogP contribution in [0, 0.1) is 0 Å². The molecule has 2 amide bonds. The van der Waals surface area contributed by atoms with Crippen molar-refractivity contribution < 1.29 is 9.59 Å². The number of carbonyl (C=O) groups is 2. The summed E-state index contributed by atoms with van der Waals surface area (Å²) in [6.45, 7) is 4.72. The minimum absolute atomic E-state index is 0.0843. The molecule has 0 N–H and O–H groups in total. The lowest BCUT2D eigenvalue weighted by molar-refractivity contribution is -0.117. The second kappa shape index (κ2) is 7.68. The average Bonchev–Trinajstić information content (AvgIpc) is 3.18. The Morgan fingerprint density at radius 2 is 1.15 bits per heavy atom. The maximum Gasteiger partial charge on any atom is 0.223 e. The highest BCUT2D eigenvalue weighted by atomic mass is 35.5. The molecule has 4 rings (SSSR count). The van der Waals surface area contributed by atoms with E-state index in [2.05, 4.69) is 0 Å². The van der Waals surface area contributed by atoms with E-state index in [0.717, 1.165) is 37.3 Å². The Kier molecular flexibility index (Phi) is 5.54. The first-order valence-electron chi connectivity index (χ1n) is 8.50. The topological polar surface area (TPSA) is 40.6 Å². The van der Waals surface area contributed by atoms with Gasteiger partial charge in [0, 0.05) is 48.4 Å². The molecule has 0 aromatic heterocycles. The maximum absolute atomic E-state index is 11.2. The first-order chi connectivity index (χ1) is 12.4. The van der Waals surface area contributed by atoms with Gasteiger partial charge in [0.2, 0.25) is 11.8 Å². The van der Waals surface area contributed by atoms with Crippen molar-refractivity contribution in [3.05, 3.63) is 57.6 Å². The summed E-state index contributed by atoms with van der Waals surface area (Å²) in [6.07, 6.45) is 1.87. The quantitative estimate of drug-likeness (QED) is 0.664. The van der Waals surface area contributed by atoms with E-state index in [4.69, 9.17) is 23.2 Å².